The van der Waals surface area contributed by atoms with Crippen LogP contribution in [0.4, 0.5) is 11.6 Å². The molecule has 0 unspecified atom stereocenters. The van der Waals surface area contributed by atoms with Crippen LogP contribution in [0, 0.1) is 0 Å². The number of methoxy groups -OCH3 is 1. The monoisotopic (exact) mass is 290 g/mol. The number of hydrogen-bond donors (Lipinski definition) is 2. The van der Waals surface area contributed by atoms with Gasteiger partial charge in [0, 0.05) is 19.7 Å². The van der Waals surface area contributed by atoms with Gasteiger partial charge in [0.1, 0.15) is 5.82 Å². The van der Waals surface area contributed by atoms with Gasteiger partial charge in [0.25, 0.3) is 0 Å². The summed E-state index contributed by atoms with van der Waals surface area (Å²) in [6.07, 6.45) is 2.30. The van der Waals surface area contributed by atoms with Crippen molar-refractivity contribution in [3.8, 4) is 0 Å². The second-order valence-electron chi connectivity index (χ2n) is 4.19. The van der Waals surface area contributed by atoms with Crippen molar-refractivity contribution in [3.63, 3.8) is 0 Å². The molecule has 3 N–H and O–H groups in total. The van der Waals surface area contributed by atoms with Crippen molar-refractivity contribution in [3.05, 3.63) is 16.1 Å². The smallest absolute Gasteiger partial charge is 0.161 e. The lowest BCUT2D eigenvalue weighted by Crippen LogP contribution is -2.30. The molecule has 2 rings (SSSR count). The normalized spacial score (nSPS) is 14.7. The molecule has 0 amide bonds. The molecule has 0 aromatic carbocycles. The molecule has 1 aliphatic rings. The zero-order chi connectivity index (χ0) is 13.1. The number of anilines is 2. The number of nitrogen functional groups attached to an aromatic ring is 1. The van der Waals surface area contributed by atoms with E-state index in [1.165, 1.54) is 0 Å². The first kappa shape index (κ1) is 13.7. The van der Waals surface area contributed by atoms with Crippen LogP contribution in [0.1, 0.15) is 12.8 Å². The average Bonchev–Trinajstić information content (AvgIpc) is 3.16. The number of nitrogens with two attached hydrogens (primary N) is 1. The van der Waals surface area contributed by atoms with E-state index >= 15 is 0 Å². The molecular formula is C11H16Cl2N4O. The number of hydrazine groups is 1. The van der Waals surface area contributed by atoms with E-state index in [1.807, 2.05) is 0 Å². The molecule has 1 heterocycles. The second-order valence-corrected chi connectivity index (χ2v) is 5.00. The third-order valence-electron chi connectivity index (χ3n) is 2.84. The molecule has 0 bridgehead atoms. The van der Waals surface area contributed by atoms with Crippen LogP contribution in [0.5, 0.6) is 0 Å². The summed E-state index contributed by atoms with van der Waals surface area (Å²) in [6.45, 7) is 1.38. The predicted molar refractivity (Wildman–Crippen MR) is 74.3 cm³/mol. The van der Waals surface area contributed by atoms with E-state index in [-0.39, 0.29) is 0 Å². The zero-order valence-corrected chi connectivity index (χ0v) is 11.6. The van der Waals surface area contributed by atoms with Gasteiger partial charge in [-0.2, -0.15) is 0 Å². The molecular weight excluding hydrogens is 275 g/mol. The number of pyridine rings is 1. The number of aromatic nitrogens is 1. The van der Waals surface area contributed by atoms with Crippen molar-refractivity contribution in [1.82, 2.24) is 4.98 Å². The molecule has 1 aromatic rings. The fourth-order valence-electron chi connectivity index (χ4n) is 1.80. The minimum Gasteiger partial charge on any atom is -0.383 e. The van der Waals surface area contributed by atoms with Gasteiger partial charge in [0.2, 0.25) is 0 Å². The Kier molecular flexibility index (Phi) is 4.50. The lowest BCUT2D eigenvalue weighted by atomic mass is 10.3. The standard InChI is InChI=1S/C11H16Cl2N4O/c1-18-5-4-17(7-2-3-7)11-9(13)6-8(12)10(15-11)16-14/h6-7H,2-5,14H2,1H3,(H,15,16). The molecule has 7 heteroatoms. The summed E-state index contributed by atoms with van der Waals surface area (Å²) in [4.78, 5) is 6.52. The van der Waals surface area contributed by atoms with Crippen LogP contribution in [0.3, 0.4) is 0 Å². The molecule has 1 aromatic heterocycles. The number of ether oxygens (including phenoxy) is 1. The minimum absolute atomic E-state index is 0.411. The van der Waals surface area contributed by atoms with E-state index in [4.69, 9.17) is 33.8 Å². The van der Waals surface area contributed by atoms with Crippen molar-refractivity contribution >= 4 is 34.8 Å². The first-order valence-electron chi connectivity index (χ1n) is 5.75. The van der Waals surface area contributed by atoms with Crippen molar-refractivity contribution in [2.75, 3.05) is 30.6 Å². The highest BCUT2D eigenvalue weighted by molar-refractivity contribution is 6.37. The first-order valence-corrected chi connectivity index (χ1v) is 6.51. The summed E-state index contributed by atoms with van der Waals surface area (Å²) < 4.78 is 5.11. The first-order chi connectivity index (χ1) is 8.67. The van der Waals surface area contributed by atoms with E-state index in [0.717, 1.165) is 19.4 Å². The summed E-state index contributed by atoms with van der Waals surface area (Å²) in [7, 11) is 1.68. The van der Waals surface area contributed by atoms with Crippen LogP contribution in [0.25, 0.3) is 0 Å². The summed E-state index contributed by atoms with van der Waals surface area (Å²) >= 11 is 12.2. The lowest BCUT2D eigenvalue weighted by molar-refractivity contribution is 0.204. The van der Waals surface area contributed by atoms with E-state index in [2.05, 4.69) is 15.3 Å². The Hall–Kier alpha value is -0.750. The van der Waals surface area contributed by atoms with Gasteiger partial charge < -0.3 is 15.1 Å². The van der Waals surface area contributed by atoms with Gasteiger partial charge in [-0.25, -0.2) is 10.8 Å². The van der Waals surface area contributed by atoms with Crippen molar-refractivity contribution < 1.29 is 4.74 Å². The second kappa shape index (κ2) is 5.93. The van der Waals surface area contributed by atoms with Crippen LogP contribution in [-0.2, 0) is 4.74 Å². The molecule has 0 aliphatic heterocycles. The van der Waals surface area contributed by atoms with E-state index in [0.29, 0.717) is 34.3 Å². The number of hydrogen-bond acceptors (Lipinski definition) is 5. The Morgan fingerprint density at radius 1 is 1.50 bits per heavy atom. The third kappa shape index (κ3) is 2.98. The average molecular weight is 291 g/mol. The fraction of sp³-hybridized carbons (Fsp3) is 0.545. The highest BCUT2D eigenvalue weighted by atomic mass is 35.5. The topological polar surface area (TPSA) is 63.4 Å². The summed E-state index contributed by atoms with van der Waals surface area (Å²) in [5.41, 5.74) is 2.47. The van der Waals surface area contributed by atoms with Gasteiger partial charge in [0.15, 0.2) is 5.82 Å². The van der Waals surface area contributed by atoms with Crippen LogP contribution in [0.2, 0.25) is 10.0 Å². The molecule has 0 spiro atoms. The van der Waals surface area contributed by atoms with E-state index in [9.17, 15) is 0 Å². The van der Waals surface area contributed by atoms with Gasteiger partial charge in [0.05, 0.1) is 16.7 Å². The minimum atomic E-state index is 0.411. The number of halogens is 2. The maximum atomic E-state index is 6.21. The third-order valence-corrected chi connectivity index (χ3v) is 3.41. The van der Waals surface area contributed by atoms with Gasteiger partial charge >= 0.3 is 0 Å². The van der Waals surface area contributed by atoms with Gasteiger partial charge in [-0.1, -0.05) is 23.2 Å². The highest BCUT2D eigenvalue weighted by Crippen LogP contribution is 2.37. The Morgan fingerprint density at radius 3 is 2.78 bits per heavy atom. The Labute approximate surface area is 116 Å². The molecule has 1 fully saturated rings. The zero-order valence-electron chi connectivity index (χ0n) is 10.1. The van der Waals surface area contributed by atoms with Crippen LogP contribution in [0.15, 0.2) is 6.07 Å². The van der Waals surface area contributed by atoms with Gasteiger partial charge in [-0.15, -0.1) is 0 Å². The van der Waals surface area contributed by atoms with Crippen LogP contribution < -0.4 is 16.2 Å². The van der Waals surface area contributed by atoms with Gasteiger partial charge in [-0.3, -0.25) is 0 Å². The van der Waals surface area contributed by atoms with E-state index in [1.54, 1.807) is 13.2 Å². The number of nitrogens with one attached hydrogen (secondary N) is 1. The highest BCUT2D eigenvalue weighted by Gasteiger charge is 2.31. The van der Waals surface area contributed by atoms with E-state index < -0.39 is 0 Å². The molecule has 0 radical (unpaired) electrons. The van der Waals surface area contributed by atoms with Crippen molar-refractivity contribution in [2.45, 2.75) is 18.9 Å². The Balaban J connectivity index is 2.28. The molecule has 1 aliphatic carbocycles. The van der Waals surface area contributed by atoms with Gasteiger partial charge in [-0.05, 0) is 18.9 Å². The number of nitrogens with zero attached hydrogens (tertiary/aromatic N) is 2. The summed E-state index contributed by atoms with van der Waals surface area (Å²) in [5.74, 6) is 6.51. The molecule has 18 heavy (non-hydrogen) atoms. The lowest BCUT2D eigenvalue weighted by Gasteiger charge is -2.24. The molecule has 0 saturated heterocycles. The Bertz CT molecular complexity index is 426. The maximum Gasteiger partial charge on any atom is 0.161 e. The quantitative estimate of drug-likeness (QED) is 0.622. The van der Waals surface area contributed by atoms with Crippen molar-refractivity contribution in [1.29, 1.82) is 0 Å². The maximum absolute atomic E-state index is 6.21. The molecule has 100 valence electrons. The number of rotatable bonds is 6. The van der Waals surface area contributed by atoms with Crippen LogP contribution >= 0.6 is 23.2 Å². The fourth-order valence-corrected chi connectivity index (χ4v) is 2.32. The Morgan fingerprint density at radius 2 is 2.22 bits per heavy atom. The van der Waals surface area contributed by atoms with Crippen LogP contribution in [-0.4, -0.2) is 31.3 Å². The largest absolute Gasteiger partial charge is 0.383 e. The molecule has 0 atom stereocenters. The SMILES string of the molecule is COCCN(c1nc(NN)c(Cl)cc1Cl)C1CC1. The summed E-state index contributed by atoms with van der Waals surface area (Å²) in [6, 6.07) is 2.14. The molecule has 1 saturated carbocycles. The predicted octanol–water partition coefficient (Wildman–Crippen LogP) is 2.29. The molecule has 5 nitrogen and oxygen atoms in total. The summed E-state index contributed by atoms with van der Waals surface area (Å²) in [5, 5.41) is 0.941. The van der Waals surface area contributed by atoms with Crippen molar-refractivity contribution in [2.24, 2.45) is 5.84 Å².